The van der Waals surface area contributed by atoms with Gasteiger partial charge in [-0.25, -0.2) is 28.6 Å². The third-order valence-corrected chi connectivity index (χ3v) is 5.92. The third kappa shape index (κ3) is 2.93. The monoisotopic (exact) mass is 439 g/mol. The van der Waals surface area contributed by atoms with Crippen molar-refractivity contribution in [3.63, 3.8) is 0 Å². The number of halogens is 2. The number of rotatable bonds is 2. The van der Waals surface area contributed by atoms with Crippen LogP contribution in [0.3, 0.4) is 0 Å². The number of aromatic nitrogens is 4. The van der Waals surface area contributed by atoms with Gasteiger partial charge < -0.3 is 0 Å². The minimum Gasteiger partial charge on any atom is -0.294 e. The summed E-state index contributed by atoms with van der Waals surface area (Å²) in [5, 5.41) is 0. The molecule has 2 aliphatic rings. The van der Waals surface area contributed by atoms with Crippen LogP contribution in [-0.4, -0.2) is 25.4 Å². The molecule has 160 valence electrons. The van der Waals surface area contributed by atoms with Crippen LogP contribution in [-0.2, 0) is 10.3 Å². The Kier molecular flexibility index (Phi) is 4.14. The van der Waals surface area contributed by atoms with Crippen LogP contribution in [0.2, 0.25) is 0 Å². The van der Waals surface area contributed by atoms with Crippen LogP contribution in [0.25, 0.3) is 11.3 Å². The summed E-state index contributed by atoms with van der Waals surface area (Å²) in [4.78, 5) is 26.8. The Labute approximate surface area is 187 Å². The maximum absolute atomic E-state index is 15.2. The number of benzene rings is 2. The second-order valence-electron chi connectivity index (χ2n) is 7.98. The molecule has 0 atom stereocenters. The molecular weight excluding hydrogens is 424 g/mol. The molecule has 33 heavy (non-hydrogen) atoms. The van der Waals surface area contributed by atoms with E-state index in [1.165, 1.54) is 6.33 Å². The molecule has 0 radical (unpaired) electrons. The van der Waals surface area contributed by atoms with Crippen molar-refractivity contribution in [2.24, 2.45) is 0 Å². The Hall–Kier alpha value is -4.38. The summed E-state index contributed by atoms with van der Waals surface area (Å²) < 4.78 is 32.1. The van der Waals surface area contributed by atoms with E-state index in [0.29, 0.717) is 24.1 Å². The van der Waals surface area contributed by atoms with Crippen LogP contribution >= 0.6 is 0 Å². The van der Waals surface area contributed by atoms with Crippen LogP contribution in [0, 0.1) is 23.5 Å². The topological polar surface area (TPSA) is 63.9 Å². The van der Waals surface area contributed by atoms with Crippen LogP contribution in [0.1, 0.15) is 24.0 Å². The van der Waals surface area contributed by atoms with Gasteiger partial charge in [-0.2, -0.15) is 0 Å². The molecule has 0 saturated heterocycles. The molecule has 0 bridgehead atoms. The lowest BCUT2D eigenvalue weighted by molar-refractivity contribution is -0.120. The Morgan fingerprint density at radius 1 is 0.909 bits per heavy atom. The normalized spacial score (nSPS) is 15.3. The number of anilines is 2. The molecule has 1 aliphatic carbocycles. The zero-order valence-electron chi connectivity index (χ0n) is 17.2. The molecule has 1 amide bonds. The maximum Gasteiger partial charge on any atom is 0.260 e. The minimum absolute atomic E-state index is 0.177. The molecule has 3 heterocycles. The van der Waals surface area contributed by atoms with Crippen LogP contribution < -0.4 is 4.90 Å². The van der Waals surface area contributed by atoms with E-state index < -0.39 is 28.8 Å². The van der Waals surface area contributed by atoms with Crippen molar-refractivity contribution in [1.29, 1.82) is 0 Å². The molecule has 2 aromatic heterocycles. The second-order valence-corrected chi connectivity index (χ2v) is 7.98. The van der Waals surface area contributed by atoms with Crippen molar-refractivity contribution in [3.8, 4) is 23.1 Å². The lowest BCUT2D eigenvalue weighted by Crippen LogP contribution is -2.31. The lowest BCUT2D eigenvalue weighted by atomic mass is 10.1. The Morgan fingerprint density at radius 3 is 2.24 bits per heavy atom. The molecule has 6 rings (SSSR count). The molecule has 1 saturated carbocycles. The van der Waals surface area contributed by atoms with Crippen molar-refractivity contribution in [3.05, 3.63) is 90.1 Å². The van der Waals surface area contributed by atoms with Gasteiger partial charge >= 0.3 is 0 Å². The molecule has 1 fully saturated rings. The number of carbonyl (C=O) groups excluding carboxylic acids is 1. The van der Waals surface area contributed by atoms with Gasteiger partial charge in [0.1, 0.15) is 17.6 Å². The van der Waals surface area contributed by atoms with Crippen molar-refractivity contribution in [2.45, 2.75) is 18.4 Å². The van der Waals surface area contributed by atoms with E-state index >= 15 is 8.78 Å². The predicted octanol–water partition coefficient (Wildman–Crippen LogP) is 4.19. The molecular formula is C25H15F2N5O. The van der Waals surface area contributed by atoms with E-state index in [-0.39, 0.29) is 11.5 Å². The molecule has 8 heteroatoms. The summed E-state index contributed by atoms with van der Waals surface area (Å²) in [6.45, 7) is 0. The van der Waals surface area contributed by atoms with Gasteiger partial charge in [0.05, 0.1) is 11.9 Å². The Morgan fingerprint density at radius 2 is 1.58 bits per heavy atom. The van der Waals surface area contributed by atoms with E-state index in [4.69, 9.17) is 0 Å². The highest BCUT2D eigenvalue weighted by molar-refractivity contribution is 6.09. The zero-order chi connectivity index (χ0) is 22.6. The summed E-state index contributed by atoms with van der Waals surface area (Å²) in [5.41, 5.74) is 0.872. The highest BCUT2D eigenvalue weighted by Gasteiger charge is 2.62. The van der Waals surface area contributed by atoms with Crippen molar-refractivity contribution >= 4 is 17.5 Å². The van der Waals surface area contributed by atoms with Gasteiger partial charge in [0.15, 0.2) is 11.6 Å². The largest absolute Gasteiger partial charge is 0.294 e. The first-order chi connectivity index (χ1) is 16.1. The first kappa shape index (κ1) is 19.3. The zero-order valence-corrected chi connectivity index (χ0v) is 17.2. The van der Waals surface area contributed by atoms with E-state index in [1.54, 1.807) is 35.3 Å². The van der Waals surface area contributed by atoms with Gasteiger partial charge in [-0.1, -0.05) is 30.0 Å². The average molecular weight is 439 g/mol. The van der Waals surface area contributed by atoms with E-state index in [9.17, 15) is 4.79 Å². The van der Waals surface area contributed by atoms with Crippen LogP contribution in [0.4, 0.5) is 20.4 Å². The molecule has 6 nitrogen and oxygen atoms in total. The smallest absolute Gasteiger partial charge is 0.260 e. The molecule has 1 aliphatic heterocycles. The summed E-state index contributed by atoms with van der Waals surface area (Å²) in [6, 6.07) is 11.4. The third-order valence-electron chi connectivity index (χ3n) is 5.92. The lowest BCUT2D eigenvalue weighted by Gasteiger charge is -2.17. The van der Waals surface area contributed by atoms with Crippen molar-refractivity contribution in [1.82, 2.24) is 19.5 Å². The number of hydrogen-bond acceptors (Lipinski definition) is 4. The predicted molar refractivity (Wildman–Crippen MR) is 116 cm³/mol. The minimum atomic E-state index is -0.887. The summed E-state index contributed by atoms with van der Waals surface area (Å²) in [5.74, 6) is 3.68. The van der Waals surface area contributed by atoms with Crippen LogP contribution in [0.15, 0.2) is 67.4 Å². The number of imidazole rings is 1. The molecule has 4 aromatic rings. The van der Waals surface area contributed by atoms with Gasteiger partial charge in [-0.3, -0.25) is 9.36 Å². The molecule has 0 unspecified atom stereocenters. The number of hydrogen-bond donors (Lipinski definition) is 0. The van der Waals surface area contributed by atoms with Crippen LogP contribution in [0.5, 0.6) is 0 Å². The fourth-order valence-corrected chi connectivity index (χ4v) is 4.23. The van der Waals surface area contributed by atoms with Gasteiger partial charge in [-0.05, 0) is 37.1 Å². The quantitative estimate of drug-likeness (QED) is 0.440. The average Bonchev–Trinajstić information content (AvgIpc) is 3.47. The molecule has 2 aromatic carbocycles. The Balaban J connectivity index is 1.44. The summed E-state index contributed by atoms with van der Waals surface area (Å²) in [7, 11) is 0. The number of fused-ring (bicyclic) bond motifs is 2. The van der Waals surface area contributed by atoms with Gasteiger partial charge in [0.2, 0.25) is 5.95 Å². The number of amides is 1. The van der Waals surface area contributed by atoms with Gasteiger partial charge in [0, 0.05) is 29.1 Å². The first-order valence-electron chi connectivity index (χ1n) is 10.3. The summed E-state index contributed by atoms with van der Waals surface area (Å²) in [6.07, 6.45) is 7.33. The highest BCUT2D eigenvalue weighted by Crippen LogP contribution is 2.56. The second kappa shape index (κ2) is 7.07. The Bertz CT molecular complexity index is 1440. The fourth-order valence-electron chi connectivity index (χ4n) is 4.23. The summed E-state index contributed by atoms with van der Waals surface area (Å²) >= 11 is 0. The van der Waals surface area contributed by atoms with Crippen molar-refractivity contribution < 1.29 is 13.6 Å². The number of nitrogens with zero attached hydrogens (tertiary/aromatic N) is 5. The number of carbonyl (C=O) groups is 1. The van der Waals surface area contributed by atoms with E-state index in [1.807, 2.05) is 18.2 Å². The SMILES string of the molecule is O=C1N(c2c(F)cc(C#Cc3ccccc3)cc2F)c2ncc(-c3cncnc3)n2C12CC2. The van der Waals surface area contributed by atoms with Gasteiger partial charge in [0.25, 0.3) is 5.91 Å². The first-order valence-corrected chi connectivity index (χ1v) is 10.3. The van der Waals surface area contributed by atoms with Crippen molar-refractivity contribution in [2.75, 3.05) is 4.90 Å². The maximum atomic E-state index is 15.2. The fraction of sp³-hybridized carbons (Fsp3) is 0.120. The van der Waals surface area contributed by atoms with Gasteiger partial charge in [-0.15, -0.1) is 0 Å². The standard InChI is InChI=1S/C25H15F2N5O/c26-19-10-17(7-6-16-4-2-1-3-5-16)11-20(27)22(19)31-23(33)25(8-9-25)32-21(14-30-24(31)32)18-12-28-15-29-13-18/h1-5,10-15H,8-9H2. The van der Waals surface area contributed by atoms with E-state index in [0.717, 1.165) is 22.6 Å². The van der Waals surface area contributed by atoms with E-state index in [2.05, 4.69) is 26.8 Å². The highest BCUT2D eigenvalue weighted by atomic mass is 19.1. The molecule has 1 spiro atoms. The molecule has 0 N–H and O–H groups in total.